The van der Waals surface area contributed by atoms with Crippen molar-refractivity contribution in [1.29, 1.82) is 5.26 Å². The van der Waals surface area contributed by atoms with Gasteiger partial charge in [0.25, 0.3) is 11.5 Å². The summed E-state index contributed by atoms with van der Waals surface area (Å²) < 4.78 is 7.31. The molecule has 1 heterocycles. The molecule has 1 atom stereocenters. The van der Waals surface area contributed by atoms with Crippen LogP contribution in [-0.4, -0.2) is 17.6 Å². The smallest absolute Gasteiger partial charge is 0.273 e. The number of nitrogens with zero attached hydrogens (tertiary/aromatic N) is 2. The van der Waals surface area contributed by atoms with E-state index >= 15 is 0 Å². The third-order valence-corrected chi connectivity index (χ3v) is 6.54. The van der Waals surface area contributed by atoms with E-state index in [-0.39, 0.29) is 21.8 Å². The molecule has 0 aliphatic carbocycles. The standard InChI is InChI=1S/C28H23N3O3S/c1-19(21-9-5-3-6-10-21)30-26(32)24(18-29)28-31(22-11-7-4-8-12-22)27(33)25(35-28)17-20-13-15-23(34-2)16-14-20/h3-17,19H,1-2H3,(H,30,32)/b25-17+,28-24+/t19-/m1/s1. The molecule has 0 radical (unpaired) electrons. The summed E-state index contributed by atoms with van der Waals surface area (Å²) in [6, 6.07) is 27.5. The normalized spacial score (nSPS) is 13.0. The second-order valence-corrected chi connectivity index (χ2v) is 8.79. The Hall–Kier alpha value is -4.41. The number of ether oxygens (including phenoxy) is 1. The van der Waals surface area contributed by atoms with Crippen LogP contribution in [0.2, 0.25) is 0 Å². The summed E-state index contributed by atoms with van der Waals surface area (Å²) in [4.78, 5) is 26.7. The number of aromatic nitrogens is 1. The fraction of sp³-hybridized carbons (Fsp3) is 0.107. The largest absolute Gasteiger partial charge is 0.497 e. The van der Waals surface area contributed by atoms with E-state index in [1.807, 2.05) is 61.5 Å². The predicted octanol–water partition coefficient (Wildman–Crippen LogP) is 3.29. The number of methoxy groups -OCH3 is 1. The monoisotopic (exact) mass is 481 g/mol. The first kappa shape index (κ1) is 23.7. The highest BCUT2D eigenvalue weighted by molar-refractivity contribution is 7.07. The lowest BCUT2D eigenvalue weighted by molar-refractivity contribution is -0.116. The Kier molecular flexibility index (Phi) is 7.24. The molecule has 0 spiro atoms. The Morgan fingerprint density at radius 3 is 2.26 bits per heavy atom. The Morgan fingerprint density at radius 1 is 1.03 bits per heavy atom. The zero-order valence-electron chi connectivity index (χ0n) is 19.3. The van der Waals surface area contributed by atoms with E-state index in [9.17, 15) is 14.9 Å². The molecular weight excluding hydrogens is 458 g/mol. The van der Waals surface area contributed by atoms with Gasteiger partial charge in [-0.25, -0.2) is 0 Å². The third kappa shape index (κ3) is 5.24. The van der Waals surface area contributed by atoms with Gasteiger partial charge in [0.15, 0.2) is 5.57 Å². The van der Waals surface area contributed by atoms with E-state index in [2.05, 4.69) is 5.32 Å². The van der Waals surface area contributed by atoms with Gasteiger partial charge in [0.05, 0.1) is 23.4 Å². The van der Waals surface area contributed by atoms with Crippen LogP contribution >= 0.6 is 11.3 Å². The van der Waals surface area contributed by atoms with Gasteiger partial charge in [0, 0.05) is 0 Å². The zero-order valence-corrected chi connectivity index (χ0v) is 20.1. The molecular formula is C28H23N3O3S. The van der Waals surface area contributed by atoms with Crippen molar-refractivity contribution >= 4 is 28.9 Å². The van der Waals surface area contributed by atoms with Crippen LogP contribution < -0.4 is 24.8 Å². The Bertz CT molecular complexity index is 1550. The van der Waals surface area contributed by atoms with Crippen molar-refractivity contribution in [2.45, 2.75) is 13.0 Å². The molecule has 0 saturated heterocycles. The second kappa shape index (κ2) is 10.7. The number of nitriles is 1. The van der Waals surface area contributed by atoms with Gasteiger partial charge in [-0.15, -0.1) is 11.3 Å². The van der Waals surface area contributed by atoms with Crippen LogP contribution in [0.3, 0.4) is 0 Å². The Labute approximate surface area is 206 Å². The number of hydrogen-bond acceptors (Lipinski definition) is 5. The van der Waals surface area contributed by atoms with Crippen LogP contribution in [0, 0.1) is 11.3 Å². The SMILES string of the molecule is COc1ccc(/C=c2/s/c(=C(\C#N)C(=O)N[C@H](C)c3ccccc3)n(-c3ccccc3)c2=O)cc1. The van der Waals surface area contributed by atoms with Crippen molar-refractivity contribution in [3.63, 3.8) is 0 Å². The molecule has 0 fully saturated rings. The number of nitrogens with one attached hydrogen (secondary N) is 1. The first-order valence-electron chi connectivity index (χ1n) is 10.9. The number of thiazole rings is 1. The van der Waals surface area contributed by atoms with Gasteiger partial charge < -0.3 is 10.1 Å². The zero-order chi connectivity index (χ0) is 24.8. The summed E-state index contributed by atoms with van der Waals surface area (Å²) >= 11 is 1.11. The third-order valence-electron chi connectivity index (χ3n) is 5.45. The lowest BCUT2D eigenvalue weighted by Gasteiger charge is -2.13. The summed E-state index contributed by atoms with van der Waals surface area (Å²) in [6.45, 7) is 1.85. The van der Waals surface area contributed by atoms with E-state index in [1.165, 1.54) is 4.57 Å². The van der Waals surface area contributed by atoms with Gasteiger partial charge in [0.2, 0.25) is 0 Å². The predicted molar refractivity (Wildman–Crippen MR) is 138 cm³/mol. The van der Waals surface area contributed by atoms with Crippen LogP contribution in [0.25, 0.3) is 17.3 Å². The Balaban J connectivity index is 1.87. The minimum atomic E-state index is -0.536. The molecule has 0 unspecified atom stereocenters. The number of benzene rings is 3. The van der Waals surface area contributed by atoms with E-state index in [0.29, 0.717) is 16.0 Å². The molecule has 1 aromatic heterocycles. The summed E-state index contributed by atoms with van der Waals surface area (Å²) in [6.07, 6.45) is 1.74. The van der Waals surface area contributed by atoms with Gasteiger partial charge in [-0.05, 0) is 48.4 Å². The lowest BCUT2D eigenvalue weighted by Crippen LogP contribution is -2.34. The second-order valence-electron chi connectivity index (χ2n) is 7.76. The topological polar surface area (TPSA) is 84.1 Å². The minimum absolute atomic E-state index is 0.117. The molecule has 1 N–H and O–H groups in total. The summed E-state index contributed by atoms with van der Waals surface area (Å²) in [7, 11) is 1.59. The maximum absolute atomic E-state index is 13.5. The molecule has 3 aromatic carbocycles. The quantitative estimate of drug-likeness (QED) is 0.458. The highest BCUT2D eigenvalue weighted by Crippen LogP contribution is 2.13. The number of hydrogen-bond donors (Lipinski definition) is 1. The van der Waals surface area contributed by atoms with Crippen LogP contribution in [0.5, 0.6) is 5.75 Å². The summed E-state index contributed by atoms with van der Waals surface area (Å²) in [5.74, 6) is 0.172. The Morgan fingerprint density at radius 2 is 1.66 bits per heavy atom. The molecule has 0 bridgehead atoms. The summed E-state index contributed by atoms with van der Waals surface area (Å²) in [5, 5.41) is 12.9. The first-order valence-corrected chi connectivity index (χ1v) is 11.8. The molecule has 6 nitrogen and oxygen atoms in total. The van der Waals surface area contributed by atoms with Crippen molar-refractivity contribution in [2.75, 3.05) is 7.11 Å². The fourth-order valence-electron chi connectivity index (χ4n) is 3.60. The van der Waals surface area contributed by atoms with E-state index in [1.54, 1.807) is 49.6 Å². The van der Waals surface area contributed by atoms with Crippen molar-refractivity contribution in [3.05, 3.63) is 116 Å². The van der Waals surface area contributed by atoms with Crippen molar-refractivity contribution < 1.29 is 9.53 Å². The van der Waals surface area contributed by atoms with Crippen LogP contribution in [0.1, 0.15) is 24.1 Å². The van der Waals surface area contributed by atoms with Gasteiger partial charge >= 0.3 is 0 Å². The molecule has 4 aromatic rings. The molecule has 7 heteroatoms. The van der Waals surface area contributed by atoms with Crippen molar-refractivity contribution in [1.82, 2.24) is 9.88 Å². The van der Waals surface area contributed by atoms with Gasteiger partial charge in [-0.1, -0.05) is 60.7 Å². The van der Waals surface area contributed by atoms with E-state index < -0.39 is 5.91 Å². The number of para-hydroxylation sites is 1. The van der Waals surface area contributed by atoms with Gasteiger partial charge in [-0.2, -0.15) is 5.26 Å². The molecule has 0 aliphatic heterocycles. The summed E-state index contributed by atoms with van der Waals surface area (Å²) in [5.41, 5.74) is 1.88. The maximum atomic E-state index is 13.5. The molecule has 35 heavy (non-hydrogen) atoms. The molecule has 4 rings (SSSR count). The van der Waals surface area contributed by atoms with Gasteiger partial charge in [-0.3, -0.25) is 14.2 Å². The maximum Gasteiger partial charge on any atom is 0.273 e. The lowest BCUT2D eigenvalue weighted by atomic mass is 10.1. The van der Waals surface area contributed by atoms with Crippen LogP contribution in [0.15, 0.2) is 89.7 Å². The van der Waals surface area contributed by atoms with Crippen LogP contribution in [0.4, 0.5) is 0 Å². The molecule has 0 saturated carbocycles. The van der Waals surface area contributed by atoms with Crippen molar-refractivity contribution in [2.24, 2.45) is 0 Å². The fourth-order valence-corrected chi connectivity index (χ4v) is 4.70. The number of amides is 1. The first-order chi connectivity index (χ1) is 17.0. The van der Waals surface area contributed by atoms with Crippen molar-refractivity contribution in [3.8, 4) is 17.5 Å². The number of rotatable bonds is 6. The molecule has 174 valence electrons. The number of carbonyl (C=O) groups is 1. The average Bonchev–Trinajstić information content (AvgIpc) is 3.21. The van der Waals surface area contributed by atoms with Crippen LogP contribution in [-0.2, 0) is 4.79 Å². The average molecular weight is 482 g/mol. The highest BCUT2D eigenvalue weighted by Gasteiger charge is 2.19. The minimum Gasteiger partial charge on any atom is -0.497 e. The highest BCUT2D eigenvalue weighted by atomic mass is 32.1. The number of carbonyl (C=O) groups excluding carboxylic acids is 1. The van der Waals surface area contributed by atoms with Gasteiger partial charge in [0.1, 0.15) is 16.5 Å². The molecule has 1 amide bonds. The van der Waals surface area contributed by atoms with E-state index in [0.717, 1.165) is 22.5 Å². The van der Waals surface area contributed by atoms with E-state index in [4.69, 9.17) is 4.74 Å². The molecule has 0 aliphatic rings.